The summed E-state index contributed by atoms with van der Waals surface area (Å²) in [5, 5.41) is 2.79. The Morgan fingerprint density at radius 3 is 2.50 bits per heavy atom. The maximum Gasteiger partial charge on any atom is 0.247 e. The van der Waals surface area contributed by atoms with Gasteiger partial charge < -0.3 is 24.1 Å². The van der Waals surface area contributed by atoms with Gasteiger partial charge in [0.15, 0.2) is 0 Å². The van der Waals surface area contributed by atoms with Gasteiger partial charge in [-0.05, 0) is 43.3 Å². The lowest BCUT2D eigenvalue weighted by Gasteiger charge is -2.20. The van der Waals surface area contributed by atoms with E-state index in [0.29, 0.717) is 29.6 Å². The largest absolute Gasteiger partial charge is 0.495 e. The smallest absolute Gasteiger partial charge is 0.247 e. The molecule has 0 spiro atoms. The van der Waals surface area contributed by atoms with Crippen LogP contribution in [0.5, 0.6) is 11.5 Å². The third kappa shape index (κ3) is 6.25. The first-order chi connectivity index (χ1) is 15.6. The molecule has 0 atom stereocenters. The van der Waals surface area contributed by atoms with Crippen molar-refractivity contribution in [1.82, 2.24) is 4.90 Å². The van der Waals surface area contributed by atoms with Crippen molar-refractivity contribution in [2.45, 2.75) is 13.5 Å². The van der Waals surface area contributed by atoms with Crippen molar-refractivity contribution in [2.75, 3.05) is 25.6 Å². The fourth-order valence-electron chi connectivity index (χ4n) is 3.09. The summed E-state index contributed by atoms with van der Waals surface area (Å²) in [6.07, 6.45) is 4.64. The first kappa shape index (κ1) is 22.7. The van der Waals surface area contributed by atoms with E-state index in [1.165, 1.54) is 24.3 Å². The van der Waals surface area contributed by atoms with Crippen molar-refractivity contribution in [1.29, 1.82) is 0 Å². The number of methoxy groups -OCH3 is 1. The molecule has 0 saturated carbocycles. The number of furan rings is 1. The summed E-state index contributed by atoms with van der Waals surface area (Å²) in [5.74, 6) is 1.12. The minimum absolute atomic E-state index is 0.155. The molecule has 7 nitrogen and oxygen atoms in total. The number of amides is 2. The fraction of sp³-hybridized carbons (Fsp3) is 0.200. The monoisotopic (exact) mass is 434 g/mol. The van der Waals surface area contributed by atoms with Gasteiger partial charge in [0.2, 0.25) is 11.8 Å². The normalized spacial score (nSPS) is 10.7. The molecule has 1 heterocycles. The number of anilines is 1. The molecule has 2 amide bonds. The molecule has 0 radical (unpaired) electrons. The highest BCUT2D eigenvalue weighted by Gasteiger charge is 2.18. The Balaban J connectivity index is 1.75. The van der Waals surface area contributed by atoms with Crippen LogP contribution in [0.3, 0.4) is 0 Å². The van der Waals surface area contributed by atoms with Gasteiger partial charge in [0.05, 0.1) is 32.2 Å². The first-order valence-corrected chi connectivity index (χ1v) is 10.2. The van der Waals surface area contributed by atoms with E-state index in [2.05, 4.69) is 5.32 Å². The van der Waals surface area contributed by atoms with Crippen molar-refractivity contribution >= 4 is 23.6 Å². The van der Waals surface area contributed by atoms with E-state index in [1.54, 1.807) is 36.4 Å². The molecule has 3 rings (SSSR count). The molecule has 0 saturated heterocycles. The van der Waals surface area contributed by atoms with Crippen LogP contribution in [-0.4, -0.2) is 37.0 Å². The van der Waals surface area contributed by atoms with E-state index < -0.39 is 0 Å². The van der Waals surface area contributed by atoms with Gasteiger partial charge in [0, 0.05) is 11.6 Å². The fourth-order valence-corrected chi connectivity index (χ4v) is 3.09. The second-order valence-electron chi connectivity index (χ2n) is 6.83. The molecule has 0 unspecified atom stereocenters. The number of nitrogens with one attached hydrogen (secondary N) is 1. The standard InChI is InChI=1S/C25H26N2O5/c1-3-31-22-12-6-4-9-19(22)14-15-25(29)27(17-20-10-8-16-32-20)18-24(28)26-21-11-5-7-13-23(21)30-2/h4-16H,3,17-18H2,1-2H3,(H,26,28)/b15-14+. The van der Waals surface area contributed by atoms with Crippen LogP contribution in [0.2, 0.25) is 0 Å². The quantitative estimate of drug-likeness (QED) is 0.479. The first-order valence-electron chi connectivity index (χ1n) is 10.2. The summed E-state index contributed by atoms with van der Waals surface area (Å²) in [6.45, 7) is 2.42. The van der Waals surface area contributed by atoms with E-state index in [-0.39, 0.29) is 24.9 Å². The highest BCUT2D eigenvalue weighted by Crippen LogP contribution is 2.23. The van der Waals surface area contributed by atoms with Crippen LogP contribution in [0.1, 0.15) is 18.2 Å². The highest BCUT2D eigenvalue weighted by molar-refractivity contribution is 5.98. The maximum atomic E-state index is 13.0. The number of para-hydroxylation sites is 3. The van der Waals surface area contributed by atoms with Gasteiger partial charge in [-0.25, -0.2) is 0 Å². The van der Waals surface area contributed by atoms with E-state index in [1.807, 2.05) is 37.3 Å². The Morgan fingerprint density at radius 1 is 1.03 bits per heavy atom. The van der Waals surface area contributed by atoms with Crippen molar-refractivity contribution in [2.24, 2.45) is 0 Å². The van der Waals surface area contributed by atoms with Crippen molar-refractivity contribution in [3.8, 4) is 11.5 Å². The van der Waals surface area contributed by atoms with Crippen LogP contribution in [0.4, 0.5) is 5.69 Å². The molecule has 2 aromatic carbocycles. The zero-order valence-electron chi connectivity index (χ0n) is 18.1. The van der Waals surface area contributed by atoms with Crippen LogP contribution in [0.25, 0.3) is 6.08 Å². The average Bonchev–Trinajstić information content (AvgIpc) is 3.31. The summed E-state index contributed by atoms with van der Waals surface area (Å²) < 4.78 is 16.2. The molecule has 7 heteroatoms. The van der Waals surface area contributed by atoms with Crippen LogP contribution in [-0.2, 0) is 16.1 Å². The van der Waals surface area contributed by atoms with Gasteiger partial charge in [-0.2, -0.15) is 0 Å². The Hall–Kier alpha value is -4.00. The van der Waals surface area contributed by atoms with Gasteiger partial charge in [0.1, 0.15) is 23.8 Å². The zero-order chi connectivity index (χ0) is 22.8. The number of hydrogen-bond donors (Lipinski definition) is 1. The lowest BCUT2D eigenvalue weighted by molar-refractivity contribution is -0.131. The topological polar surface area (TPSA) is 81.0 Å². The molecule has 0 aliphatic rings. The molecule has 0 aliphatic heterocycles. The predicted octanol–water partition coefficient (Wildman–Crippen LogP) is 4.37. The predicted molar refractivity (Wildman–Crippen MR) is 122 cm³/mol. The number of benzene rings is 2. The molecule has 3 aromatic rings. The molecule has 166 valence electrons. The van der Waals surface area contributed by atoms with Crippen LogP contribution < -0.4 is 14.8 Å². The number of carbonyl (C=O) groups excluding carboxylic acids is 2. The van der Waals surface area contributed by atoms with Crippen LogP contribution >= 0.6 is 0 Å². The third-order valence-electron chi connectivity index (χ3n) is 4.58. The second-order valence-corrected chi connectivity index (χ2v) is 6.83. The third-order valence-corrected chi connectivity index (χ3v) is 4.58. The number of carbonyl (C=O) groups is 2. The van der Waals surface area contributed by atoms with Gasteiger partial charge in [-0.15, -0.1) is 0 Å². The average molecular weight is 434 g/mol. The number of hydrogen-bond acceptors (Lipinski definition) is 5. The Morgan fingerprint density at radius 2 is 1.78 bits per heavy atom. The van der Waals surface area contributed by atoms with Crippen LogP contribution in [0.15, 0.2) is 77.4 Å². The molecule has 1 N–H and O–H groups in total. The molecule has 0 aliphatic carbocycles. The van der Waals surface area contributed by atoms with Gasteiger partial charge in [-0.3, -0.25) is 9.59 Å². The Kier molecular flexibility index (Phi) is 8.09. The molecular weight excluding hydrogens is 408 g/mol. The van der Waals surface area contributed by atoms with Gasteiger partial charge in [0.25, 0.3) is 0 Å². The van der Waals surface area contributed by atoms with Crippen molar-refractivity contribution in [3.63, 3.8) is 0 Å². The van der Waals surface area contributed by atoms with Crippen LogP contribution in [0, 0.1) is 0 Å². The van der Waals surface area contributed by atoms with Gasteiger partial charge in [-0.1, -0.05) is 30.3 Å². The van der Waals surface area contributed by atoms with E-state index in [9.17, 15) is 9.59 Å². The lowest BCUT2D eigenvalue weighted by atomic mass is 10.2. The van der Waals surface area contributed by atoms with Crippen molar-refractivity contribution in [3.05, 3.63) is 84.3 Å². The lowest BCUT2D eigenvalue weighted by Crippen LogP contribution is -2.36. The number of nitrogens with zero attached hydrogens (tertiary/aromatic N) is 1. The Bertz CT molecular complexity index is 1060. The SMILES string of the molecule is CCOc1ccccc1/C=C/C(=O)N(CC(=O)Nc1ccccc1OC)Cc1ccco1. The van der Waals surface area contributed by atoms with Gasteiger partial charge >= 0.3 is 0 Å². The summed E-state index contributed by atoms with van der Waals surface area (Å²) in [6, 6.07) is 18.0. The molecule has 32 heavy (non-hydrogen) atoms. The summed E-state index contributed by atoms with van der Waals surface area (Å²) in [4.78, 5) is 27.1. The number of ether oxygens (including phenoxy) is 2. The zero-order valence-corrected chi connectivity index (χ0v) is 18.1. The number of rotatable bonds is 10. The molecule has 0 bridgehead atoms. The Labute approximate surface area is 187 Å². The summed E-state index contributed by atoms with van der Waals surface area (Å²) in [5.41, 5.74) is 1.31. The summed E-state index contributed by atoms with van der Waals surface area (Å²) in [7, 11) is 1.53. The minimum Gasteiger partial charge on any atom is -0.495 e. The molecular formula is C25H26N2O5. The van der Waals surface area contributed by atoms with E-state index in [0.717, 1.165) is 5.56 Å². The highest BCUT2D eigenvalue weighted by atomic mass is 16.5. The van der Waals surface area contributed by atoms with Crippen molar-refractivity contribution < 1.29 is 23.5 Å². The van der Waals surface area contributed by atoms with E-state index in [4.69, 9.17) is 13.9 Å². The maximum absolute atomic E-state index is 13.0. The molecule has 0 fully saturated rings. The second kappa shape index (κ2) is 11.4. The summed E-state index contributed by atoms with van der Waals surface area (Å²) >= 11 is 0. The molecule has 1 aromatic heterocycles. The minimum atomic E-state index is -0.350. The van der Waals surface area contributed by atoms with E-state index >= 15 is 0 Å².